The van der Waals surface area contributed by atoms with Crippen LogP contribution in [0, 0.1) is 13.8 Å². The zero-order chi connectivity index (χ0) is 22.9. The molecule has 10 heteroatoms. The van der Waals surface area contributed by atoms with Gasteiger partial charge in [0.15, 0.2) is 4.96 Å². The average molecular weight is 470 g/mol. The maximum atomic E-state index is 12.9. The molecule has 0 unspecified atom stereocenters. The van der Waals surface area contributed by atoms with Crippen LogP contribution in [-0.4, -0.2) is 23.8 Å². The number of hydrogen-bond donors (Lipinski definition) is 1. The Morgan fingerprint density at radius 3 is 2.75 bits per heavy atom. The molecular formula is C22H19N3O5S2. The highest BCUT2D eigenvalue weighted by Crippen LogP contribution is 2.22. The van der Waals surface area contributed by atoms with Gasteiger partial charge in [-0.05, 0) is 49.2 Å². The second kappa shape index (κ2) is 8.56. The number of sulfonamides is 1. The first-order chi connectivity index (χ1) is 15.2. The van der Waals surface area contributed by atoms with Crippen LogP contribution in [0.4, 0.5) is 5.69 Å². The second-order valence-corrected chi connectivity index (χ2v) is 9.70. The van der Waals surface area contributed by atoms with E-state index in [1.54, 1.807) is 42.8 Å². The number of rotatable bonds is 6. The van der Waals surface area contributed by atoms with Crippen LogP contribution in [0.1, 0.15) is 27.2 Å². The van der Waals surface area contributed by atoms with Crippen molar-refractivity contribution in [2.45, 2.75) is 25.3 Å². The van der Waals surface area contributed by atoms with E-state index in [4.69, 9.17) is 4.74 Å². The third-order valence-electron chi connectivity index (χ3n) is 4.69. The number of thiazole rings is 1. The molecule has 164 valence electrons. The van der Waals surface area contributed by atoms with Crippen molar-refractivity contribution in [3.8, 4) is 0 Å². The highest BCUT2D eigenvalue weighted by atomic mass is 32.2. The molecule has 0 amide bonds. The number of aryl methyl sites for hydroxylation is 2. The number of nitrogens with zero attached hydrogens (tertiary/aromatic N) is 2. The summed E-state index contributed by atoms with van der Waals surface area (Å²) < 4.78 is 35.0. The Hall–Kier alpha value is -3.50. The molecule has 0 atom stereocenters. The average Bonchev–Trinajstić information content (AvgIpc) is 3.21. The van der Waals surface area contributed by atoms with E-state index < -0.39 is 16.0 Å². The highest BCUT2D eigenvalue weighted by Gasteiger charge is 2.20. The van der Waals surface area contributed by atoms with Gasteiger partial charge in [-0.3, -0.25) is 13.9 Å². The van der Waals surface area contributed by atoms with Gasteiger partial charge in [-0.15, -0.1) is 11.3 Å². The molecule has 2 aromatic carbocycles. The number of ether oxygens (including phenoxy) is 1. The van der Waals surface area contributed by atoms with Gasteiger partial charge < -0.3 is 4.74 Å². The van der Waals surface area contributed by atoms with Gasteiger partial charge in [0.05, 0.1) is 16.2 Å². The molecule has 0 bridgehead atoms. The van der Waals surface area contributed by atoms with Crippen LogP contribution in [0.25, 0.3) is 4.96 Å². The number of carbonyl (C=O) groups is 1. The number of benzene rings is 2. The van der Waals surface area contributed by atoms with Crippen LogP contribution in [0.3, 0.4) is 0 Å². The Labute approximate surface area is 188 Å². The van der Waals surface area contributed by atoms with Gasteiger partial charge >= 0.3 is 5.97 Å². The van der Waals surface area contributed by atoms with Crippen LogP contribution < -0.4 is 10.3 Å². The number of nitrogens with one attached hydrogen (secondary N) is 1. The fourth-order valence-electron chi connectivity index (χ4n) is 3.12. The topological polar surface area (TPSA) is 107 Å². The van der Waals surface area contributed by atoms with Crippen molar-refractivity contribution in [3.05, 3.63) is 92.8 Å². The number of esters is 1. The molecular weight excluding hydrogens is 450 g/mol. The molecule has 1 N–H and O–H groups in total. The van der Waals surface area contributed by atoms with Gasteiger partial charge in [-0.1, -0.05) is 18.2 Å². The first kappa shape index (κ1) is 21.7. The molecule has 32 heavy (non-hydrogen) atoms. The van der Waals surface area contributed by atoms with E-state index in [1.165, 1.54) is 33.9 Å². The second-order valence-electron chi connectivity index (χ2n) is 7.17. The Balaban J connectivity index is 1.54. The van der Waals surface area contributed by atoms with Crippen molar-refractivity contribution in [2.24, 2.45) is 0 Å². The van der Waals surface area contributed by atoms with Gasteiger partial charge in [-0.2, -0.15) is 0 Å². The lowest BCUT2D eigenvalue weighted by Gasteiger charge is -2.12. The minimum Gasteiger partial charge on any atom is -0.456 e. The van der Waals surface area contributed by atoms with Crippen molar-refractivity contribution in [3.63, 3.8) is 0 Å². The quantitative estimate of drug-likeness (QED) is 0.433. The Bertz CT molecular complexity index is 1490. The minimum absolute atomic E-state index is 0.0233. The Kier molecular flexibility index (Phi) is 5.81. The molecule has 0 aliphatic heterocycles. The maximum Gasteiger partial charge on any atom is 0.338 e. The van der Waals surface area contributed by atoms with Crippen molar-refractivity contribution in [1.82, 2.24) is 9.38 Å². The first-order valence-electron chi connectivity index (χ1n) is 9.56. The minimum atomic E-state index is -3.92. The summed E-state index contributed by atoms with van der Waals surface area (Å²) in [5.74, 6) is -0.717. The molecule has 4 rings (SSSR count). The van der Waals surface area contributed by atoms with E-state index in [-0.39, 0.29) is 22.6 Å². The van der Waals surface area contributed by atoms with E-state index >= 15 is 0 Å². The fourth-order valence-corrected chi connectivity index (χ4v) is 5.18. The van der Waals surface area contributed by atoms with Gasteiger partial charge in [0.25, 0.3) is 15.6 Å². The lowest BCUT2D eigenvalue weighted by molar-refractivity contribution is 0.0467. The Morgan fingerprint density at radius 1 is 1.16 bits per heavy atom. The van der Waals surface area contributed by atoms with Crippen LogP contribution in [0.15, 0.2) is 69.8 Å². The summed E-state index contributed by atoms with van der Waals surface area (Å²) in [5.41, 5.74) is 1.95. The summed E-state index contributed by atoms with van der Waals surface area (Å²) in [5, 5.41) is 1.73. The predicted molar refractivity (Wildman–Crippen MR) is 122 cm³/mol. The normalized spacial score (nSPS) is 11.4. The Morgan fingerprint density at radius 2 is 1.97 bits per heavy atom. The molecule has 2 heterocycles. The summed E-state index contributed by atoms with van der Waals surface area (Å²) in [6.07, 6.45) is 1.62. The highest BCUT2D eigenvalue weighted by molar-refractivity contribution is 7.92. The first-order valence-corrected chi connectivity index (χ1v) is 11.9. The molecule has 0 aliphatic carbocycles. The van der Waals surface area contributed by atoms with Crippen LogP contribution in [0.5, 0.6) is 0 Å². The van der Waals surface area contributed by atoms with Gasteiger partial charge in [0.2, 0.25) is 0 Å². The largest absolute Gasteiger partial charge is 0.456 e. The molecule has 0 aliphatic rings. The number of fused-ring (bicyclic) bond motifs is 1. The van der Waals surface area contributed by atoms with E-state index in [0.717, 1.165) is 5.56 Å². The fraction of sp³-hybridized carbons (Fsp3) is 0.136. The standard InChI is InChI=1S/C22H19N3O5S2/c1-14-4-3-5-17(10-14)24-32(28,29)19-11-16(7-6-15(19)2)21(27)30-13-18-12-20(26)25-8-9-31-22(25)23-18/h3-12,24H,13H2,1-2H3. The zero-order valence-corrected chi connectivity index (χ0v) is 18.9. The summed E-state index contributed by atoms with van der Waals surface area (Å²) in [6.45, 7) is 3.30. The smallest absolute Gasteiger partial charge is 0.338 e. The molecule has 0 spiro atoms. The number of hydrogen-bond acceptors (Lipinski definition) is 7. The summed E-state index contributed by atoms with van der Waals surface area (Å²) >= 11 is 1.29. The summed E-state index contributed by atoms with van der Waals surface area (Å²) in [7, 11) is -3.92. The molecule has 0 saturated carbocycles. The summed E-state index contributed by atoms with van der Waals surface area (Å²) in [6, 6.07) is 12.6. The van der Waals surface area contributed by atoms with Gasteiger partial charge in [0.1, 0.15) is 6.61 Å². The van der Waals surface area contributed by atoms with Gasteiger partial charge in [0, 0.05) is 23.3 Å². The van der Waals surface area contributed by atoms with Crippen LogP contribution in [-0.2, 0) is 21.4 Å². The van der Waals surface area contributed by atoms with Crippen molar-refractivity contribution in [2.75, 3.05) is 4.72 Å². The van der Waals surface area contributed by atoms with E-state index in [9.17, 15) is 18.0 Å². The van der Waals surface area contributed by atoms with Crippen molar-refractivity contribution >= 4 is 38.0 Å². The lowest BCUT2D eigenvalue weighted by Crippen LogP contribution is -2.16. The molecule has 0 fully saturated rings. The van der Waals surface area contributed by atoms with Crippen LogP contribution >= 0.6 is 11.3 Å². The molecule has 0 saturated heterocycles. The maximum absolute atomic E-state index is 12.9. The van der Waals surface area contributed by atoms with Crippen molar-refractivity contribution < 1.29 is 17.9 Å². The summed E-state index contributed by atoms with van der Waals surface area (Å²) in [4.78, 5) is 29.4. The molecule has 8 nitrogen and oxygen atoms in total. The van der Waals surface area contributed by atoms with Crippen LogP contribution in [0.2, 0.25) is 0 Å². The molecule has 4 aromatic rings. The van der Waals surface area contributed by atoms with E-state index in [1.807, 2.05) is 13.0 Å². The third kappa shape index (κ3) is 4.56. The van der Waals surface area contributed by atoms with E-state index in [2.05, 4.69) is 9.71 Å². The SMILES string of the molecule is Cc1cccc(NS(=O)(=O)c2cc(C(=O)OCc3cc(=O)n4ccsc4n3)ccc2C)c1. The number of aromatic nitrogens is 2. The zero-order valence-electron chi connectivity index (χ0n) is 17.2. The molecule has 0 radical (unpaired) electrons. The van der Waals surface area contributed by atoms with Gasteiger partial charge in [-0.25, -0.2) is 18.2 Å². The number of anilines is 1. The third-order valence-corrected chi connectivity index (χ3v) is 6.97. The van der Waals surface area contributed by atoms with Crippen molar-refractivity contribution in [1.29, 1.82) is 0 Å². The predicted octanol–water partition coefficient (Wildman–Crippen LogP) is 3.53. The van der Waals surface area contributed by atoms with E-state index in [0.29, 0.717) is 21.9 Å². The monoisotopic (exact) mass is 469 g/mol. The number of carbonyl (C=O) groups excluding carboxylic acids is 1. The molecule has 2 aromatic heterocycles. The lowest BCUT2D eigenvalue weighted by atomic mass is 10.1.